The van der Waals surface area contributed by atoms with Crippen LogP contribution in [0.25, 0.3) is 0 Å². The standard InChI is InChI=1S/C18H21F3N4O2/c1-12-10-14(23-24(12)2)17(26)25-8-6-13(7-9-25)11-27-16-5-3-4-15(22-16)18(19,20)21/h3-5,10,13H,6-9,11H2,1-2H3. The second-order valence-electron chi connectivity index (χ2n) is 6.70. The first-order valence-corrected chi connectivity index (χ1v) is 8.71. The number of amides is 1. The number of ether oxygens (including phenoxy) is 1. The summed E-state index contributed by atoms with van der Waals surface area (Å²) in [7, 11) is 1.79. The van der Waals surface area contributed by atoms with E-state index in [0.717, 1.165) is 24.6 Å². The Hall–Kier alpha value is -2.58. The summed E-state index contributed by atoms with van der Waals surface area (Å²) in [6.45, 7) is 3.30. The fraction of sp³-hybridized carbons (Fsp3) is 0.500. The largest absolute Gasteiger partial charge is 0.477 e. The lowest BCUT2D eigenvalue weighted by Crippen LogP contribution is -2.40. The van der Waals surface area contributed by atoms with E-state index in [1.165, 1.54) is 12.1 Å². The number of likely N-dealkylation sites (tertiary alicyclic amines) is 1. The number of halogens is 3. The lowest BCUT2D eigenvalue weighted by molar-refractivity contribution is -0.141. The number of pyridine rings is 1. The average Bonchev–Trinajstić information content (AvgIpc) is 2.98. The minimum atomic E-state index is -4.49. The van der Waals surface area contributed by atoms with Crippen molar-refractivity contribution in [1.82, 2.24) is 19.7 Å². The number of aromatic nitrogens is 3. The topological polar surface area (TPSA) is 60.3 Å². The molecule has 2 aromatic rings. The van der Waals surface area contributed by atoms with Gasteiger partial charge >= 0.3 is 6.18 Å². The number of rotatable bonds is 4. The van der Waals surface area contributed by atoms with Crippen LogP contribution in [0, 0.1) is 12.8 Å². The number of piperidine rings is 1. The molecule has 0 aliphatic carbocycles. The Kier molecular flexibility index (Phi) is 5.38. The van der Waals surface area contributed by atoms with E-state index in [1.54, 1.807) is 22.7 Å². The summed E-state index contributed by atoms with van der Waals surface area (Å²) in [6.07, 6.45) is -3.05. The van der Waals surface area contributed by atoms with E-state index in [2.05, 4.69) is 10.1 Å². The van der Waals surface area contributed by atoms with E-state index in [-0.39, 0.29) is 24.3 Å². The lowest BCUT2D eigenvalue weighted by Gasteiger charge is -2.31. The van der Waals surface area contributed by atoms with E-state index in [4.69, 9.17) is 4.74 Å². The van der Waals surface area contributed by atoms with Gasteiger partial charge in [-0.05, 0) is 37.8 Å². The molecule has 27 heavy (non-hydrogen) atoms. The SMILES string of the molecule is Cc1cc(C(=O)N2CCC(COc3cccc(C(F)(F)F)n3)CC2)nn1C. The van der Waals surface area contributed by atoms with Crippen molar-refractivity contribution in [1.29, 1.82) is 0 Å². The molecule has 1 fully saturated rings. The Morgan fingerprint density at radius 3 is 2.59 bits per heavy atom. The fourth-order valence-corrected chi connectivity index (χ4v) is 2.99. The Morgan fingerprint density at radius 2 is 2.00 bits per heavy atom. The van der Waals surface area contributed by atoms with Crippen molar-refractivity contribution in [3.63, 3.8) is 0 Å². The highest BCUT2D eigenvalue weighted by Gasteiger charge is 2.33. The van der Waals surface area contributed by atoms with Crippen molar-refractivity contribution >= 4 is 5.91 Å². The Balaban J connectivity index is 1.50. The first kappa shape index (κ1) is 19.2. The van der Waals surface area contributed by atoms with Crippen molar-refractivity contribution in [3.8, 4) is 5.88 Å². The van der Waals surface area contributed by atoms with Gasteiger partial charge in [0, 0.05) is 31.9 Å². The summed E-state index contributed by atoms with van der Waals surface area (Å²) >= 11 is 0. The maximum atomic E-state index is 12.7. The molecule has 0 saturated carbocycles. The van der Waals surface area contributed by atoms with Crippen molar-refractivity contribution in [2.45, 2.75) is 25.9 Å². The zero-order valence-corrected chi connectivity index (χ0v) is 15.2. The van der Waals surface area contributed by atoms with E-state index in [9.17, 15) is 18.0 Å². The van der Waals surface area contributed by atoms with Crippen LogP contribution in [0.15, 0.2) is 24.3 Å². The molecule has 146 valence electrons. The number of alkyl halides is 3. The van der Waals surface area contributed by atoms with E-state index < -0.39 is 11.9 Å². The highest BCUT2D eigenvalue weighted by molar-refractivity contribution is 5.92. The molecule has 0 unspecified atom stereocenters. The van der Waals surface area contributed by atoms with Gasteiger partial charge in [0.1, 0.15) is 5.69 Å². The monoisotopic (exact) mass is 382 g/mol. The molecule has 0 radical (unpaired) electrons. The Morgan fingerprint density at radius 1 is 1.30 bits per heavy atom. The second-order valence-corrected chi connectivity index (χ2v) is 6.70. The summed E-state index contributed by atoms with van der Waals surface area (Å²) in [6, 6.07) is 5.37. The van der Waals surface area contributed by atoms with E-state index in [1.807, 2.05) is 6.92 Å². The Bertz CT molecular complexity index is 792. The van der Waals surface area contributed by atoms with Gasteiger partial charge in [0.2, 0.25) is 5.88 Å². The van der Waals surface area contributed by atoms with Gasteiger partial charge in [0.15, 0.2) is 5.69 Å². The Labute approximate surface area is 154 Å². The molecule has 1 aliphatic rings. The summed E-state index contributed by atoms with van der Waals surface area (Å²) < 4.78 is 45.2. The van der Waals surface area contributed by atoms with Crippen LogP contribution in [0.1, 0.15) is 34.7 Å². The minimum Gasteiger partial charge on any atom is -0.477 e. The molecule has 9 heteroatoms. The van der Waals surface area contributed by atoms with Gasteiger partial charge in [-0.15, -0.1) is 0 Å². The van der Waals surface area contributed by atoms with Crippen molar-refractivity contribution in [2.75, 3.05) is 19.7 Å². The molecule has 0 atom stereocenters. The van der Waals surface area contributed by atoms with E-state index in [0.29, 0.717) is 18.8 Å². The summed E-state index contributed by atoms with van der Waals surface area (Å²) in [5, 5.41) is 4.21. The molecule has 0 N–H and O–H groups in total. The van der Waals surface area contributed by atoms with Gasteiger partial charge in [0.25, 0.3) is 5.91 Å². The molecule has 0 aromatic carbocycles. The number of hydrogen-bond acceptors (Lipinski definition) is 4. The third kappa shape index (κ3) is 4.58. The third-order valence-electron chi connectivity index (χ3n) is 4.72. The van der Waals surface area contributed by atoms with Crippen LogP contribution in [0.5, 0.6) is 5.88 Å². The lowest BCUT2D eigenvalue weighted by atomic mass is 9.97. The van der Waals surface area contributed by atoms with Crippen LogP contribution in [0.3, 0.4) is 0 Å². The van der Waals surface area contributed by atoms with Gasteiger partial charge in [-0.25, -0.2) is 4.98 Å². The minimum absolute atomic E-state index is 0.0349. The number of carbonyl (C=O) groups is 1. The number of hydrogen-bond donors (Lipinski definition) is 0. The van der Waals surface area contributed by atoms with E-state index >= 15 is 0 Å². The van der Waals surface area contributed by atoms with Crippen LogP contribution in [-0.2, 0) is 13.2 Å². The molecule has 2 aromatic heterocycles. The number of aryl methyl sites for hydroxylation is 2. The molecule has 3 rings (SSSR count). The smallest absolute Gasteiger partial charge is 0.433 e. The molecule has 1 aliphatic heterocycles. The maximum absolute atomic E-state index is 12.7. The first-order valence-electron chi connectivity index (χ1n) is 8.71. The third-order valence-corrected chi connectivity index (χ3v) is 4.72. The molecule has 0 bridgehead atoms. The van der Waals surface area contributed by atoms with Gasteiger partial charge < -0.3 is 9.64 Å². The van der Waals surface area contributed by atoms with Crippen LogP contribution < -0.4 is 4.74 Å². The average molecular weight is 382 g/mol. The highest BCUT2D eigenvalue weighted by atomic mass is 19.4. The predicted molar refractivity (Wildman–Crippen MR) is 91.3 cm³/mol. The van der Waals surface area contributed by atoms with Crippen molar-refractivity contribution in [2.24, 2.45) is 13.0 Å². The number of carbonyl (C=O) groups excluding carboxylic acids is 1. The maximum Gasteiger partial charge on any atom is 0.433 e. The molecular weight excluding hydrogens is 361 g/mol. The molecule has 1 amide bonds. The molecule has 6 nitrogen and oxygen atoms in total. The number of nitrogens with zero attached hydrogens (tertiary/aromatic N) is 4. The summed E-state index contributed by atoms with van der Waals surface area (Å²) in [5.74, 6) is 0.0285. The van der Waals surface area contributed by atoms with Gasteiger partial charge in [-0.2, -0.15) is 18.3 Å². The van der Waals surface area contributed by atoms with Crippen LogP contribution in [-0.4, -0.2) is 45.3 Å². The fourth-order valence-electron chi connectivity index (χ4n) is 2.99. The summed E-state index contributed by atoms with van der Waals surface area (Å²) in [5.41, 5.74) is 0.374. The zero-order valence-electron chi connectivity index (χ0n) is 15.2. The molecule has 3 heterocycles. The van der Waals surface area contributed by atoms with Crippen LogP contribution in [0.4, 0.5) is 13.2 Å². The molecular formula is C18H21F3N4O2. The van der Waals surface area contributed by atoms with Crippen LogP contribution >= 0.6 is 0 Å². The first-order chi connectivity index (χ1) is 12.7. The summed E-state index contributed by atoms with van der Waals surface area (Å²) in [4.78, 5) is 17.7. The van der Waals surface area contributed by atoms with Crippen molar-refractivity contribution < 1.29 is 22.7 Å². The van der Waals surface area contributed by atoms with Gasteiger partial charge in [-0.3, -0.25) is 9.48 Å². The van der Waals surface area contributed by atoms with Crippen molar-refractivity contribution in [3.05, 3.63) is 41.3 Å². The highest BCUT2D eigenvalue weighted by Crippen LogP contribution is 2.29. The second kappa shape index (κ2) is 7.58. The van der Waals surface area contributed by atoms with Gasteiger partial charge in [0.05, 0.1) is 6.61 Å². The van der Waals surface area contributed by atoms with Gasteiger partial charge in [-0.1, -0.05) is 6.07 Å². The van der Waals surface area contributed by atoms with Crippen LogP contribution in [0.2, 0.25) is 0 Å². The predicted octanol–water partition coefficient (Wildman–Crippen LogP) is 3.07. The normalized spacial score (nSPS) is 15.8. The molecule has 0 spiro atoms. The quantitative estimate of drug-likeness (QED) is 0.816. The zero-order chi connectivity index (χ0) is 19.6. The molecule has 1 saturated heterocycles.